The van der Waals surface area contributed by atoms with E-state index in [1.54, 1.807) is 0 Å². The normalized spacial score (nSPS) is 0. The van der Waals surface area contributed by atoms with Crippen molar-refractivity contribution in [2.45, 2.75) is 0 Å². The fourth-order valence-electron chi connectivity index (χ4n) is 0. The molecular formula is Ga4V. The molecule has 0 atom stereocenters. The first-order chi connectivity index (χ1) is 0. The Balaban J connectivity index is 0. The van der Waals surface area contributed by atoms with Crippen LogP contribution in [0.25, 0.3) is 0 Å². The molecule has 0 bridgehead atoms. The van der Waals surface area contributed by atoms with Gasteiger partial charge in [0.1, 0.15) is 0 Å². The Morgan fingerprint density at radius 2 is 0.400 bits per heavy atom. The number of hydrogen-bond donors (Lipinski definition) is 0. The first-order valence-corrected chi connectivity index (χ1v) is 0. The topological polar surface area (TPSA) is 0 Å². The summed E-state index contributed by atoms with van der Waals surface area (Å²) in [6, 6.07) is 0. The van der Waals surface area contributed by atoms with Gasteiger partial charge >= 0.3 is 0 Å². The van der Waals surface area contributed by atoms with Crippen molar-refractivity contribution in [2.75, 3.05) is 0 Å². The van der Waals surface area contributed by atoms with Crippen LogP contribution in [0.5, 0.6) is 0 Å². The summed E-state index contributed by atoms with van der Waals surface area (Å²) in [6.07, 6.45) is 0. The van der Waals surface area contributed by atoms with E-state index in [-0.39, 0.29) is 97.7 Å². The van der Waals surface area contributed by atoms with Crippen LogP contribution in [0.4, 0.5) is 0 Å². The van der Waals surface area contributed by atoms with Crippen molar-refractivity contribution in [3.8, 4) is 0 Å². The van der Waals surface area contributed by atoms with Gasteiger partial charge in [-0.25, -0.2) is 0 Å². The minimum absolute atomic E-state index is 0. The van der Waals surface area contributed by atoms with E-state index in [2.05, 4.69) is 0 Å². The minimum Gasteiger partial charge on any atom is 0 e. The van der Waals surface area contributed by atoms with E-state index in [1.807, 2.05) is 0 Å². The van der Waals surface area contributed by atoms with Gasteiger partial charge < -0.3 is 0 Å². The molecule has 0 fully saturated rings. The Labute approximate surface area is 96.1 Å². The molecule has 0 N–H and O–H groups in total. The second-order valence-corrected chi connectivity index (χ2v) is 0. The maximum atomic E-state index is 0. The molecule has 0 saturated carbocycles. The molecule has 0 aromatic carbocycles. The van der Waals surface area contributed by atoms with Gasteiger partial charge in [-0.2, -0.15) is 0 Å². The second kappa shape index (κ2) is 27.3. The summed E-state index contributed by atoms with van der Waals surface area (Å²) in [5, 5.41) is 0. The van der Waals surface area contributed by atoms with Crippen LogP contribution in [-0.2, 0) is 18.6 Å². The van der Waals surface area contributed by atoms with Crippen LogP contribution in [0.1, 0.15) is 0 Å². The van der Waals surface area contributed by atoms with E-state index in [1.165, 1.54) is 0 Å². The van der Waals surface area contributed by atoms with Gasteiger partial charge in [-0.3, -0.25) is 0 Å². The summed E-state index contributed by atoms with van der Waals surface area (Å²) in [4.78, 5) is 0. The van der Waals surface area contributed by atoms with Crippen molar-refractivity contribution in [2.24, 2.45) is 0 Å². The van der Waals surface area contributed by atoms with Crippen molar-refractivity contribution in [3.63, 3.8) is 0 Å². The van der Waals surface area contributed by atoms with E-state index >= 15 is 0 Å². The van der Waals surface area contributed by atoms with E-state index < -0.39 is 0 Å². The summed E-state index contributed by atoms with van der Waals surface area (Å²) in [7, 11) is 0. The molecule has 0 amide bonds. The predicted octanol–water partition coefficient (Wildman–Crippen LogP) is -1.53. The molecule has 0 aliphatic rings. The third-order valence-electron chi connectivity index (χ3n) is 0. The van der Waals surface area contributed by atoms with E-state index in [4.69, 9.17) is 0 Å². The molecule has 17 valence electrons. The molecule has 0 aliphatic carbocycles. The van der Waals surface area contributed by atoms with Gasteiger partial charge in [0.05, 0.1) is 0 Å². The van der Waals surface area contributed by atoms with Crippen LogP contribution in [0.15, 0.2) is 0 Å². The molecule has 0 aromatic rings. The van der Waals surface area contributed by atoms with E-state index in [9.17, 15) is 0 Å². The van der Waals surface area contributed by atoms with Crippen molar-refractivity contribution in [1.82, 2.24) is 0 Å². The zero-order valence-corrected chi connectivity index (χ0v) is 13.8. The molecule has 0 saturated heterocycles. The molecule has 0 aromatic heterocycles. The summed E-state index contributed by atoms with van der Waals surface area (Å²) in [5.41, 5.74) is 0. The maximum absolute atomic E-state index is 0. The first kappa shape index (κ1) is 42.2. The Morgan fingerprint density at radius 1 is 0.400 bits per heavy atom. The van der Waals surface area contributed by atoms with Crippen LogP contribution in [0.3, 0.4) is 0 Å². The van der Waals surface area contributed by atoms with E-state index in [0.717, 1.165) is 0 Å². The Morgan fingerprint density at radius 3 is 0.400 bits per heavy atom. The molecule has 0 aliphatic heterocycles. The largest absolute Gasteiger partial charge is 0 e. The predicted molar refractivity (Wildman–Crippen MR) is 23.0 cm³/mol. The smallest absolute Gasteiger partial charge is 0 e. The molecule has 5 heavy (non-hydrogen) atoms. The number of rotatable bonds is 0. The van der Waals surface area contributed by atoms with Gasteiger partial charge in [0.2, 0.25) is 0 Å². The zero-order chi connectivity index (χ0) is 0. The van der Waals surface area contributed by atoms with Gasteiger partial charge in [-0.1, -0.05) is 0 Å². The zero-order valence-electron chi connectivity index (χ0n) is 2.76. The summed E-state index contributed by atoms with van der Waals surface area (Å²) in [5.74, 6) is 0. The molecule has 5 heteroatoms. The second-order valence-electron chi connectivity index (χ2n) is 0. The fraction of sp³-hybridized carbons (Fsp3) is 0. The van der Waals surface area contributed by atoms with Gasteiger partial charge in [0.15, 0.2) is 0 Å². The van der Waals surface area contributed by atoms with Crippen molar-refractivity contribution in [3.05, 3.63) is 0 Å². The van der Waals surface area contributed by atoms with Crippen LogP contribution in [0.2, 0.25) is 0 Å². The van der Waals surface area contributed by atoms with Gasteiger partial charge in [0, 0.05) is 97.7 Å². The standard InChI is InChI=1S/4Ga.V. The van der Waals surface area contributed by atoms with Crippen LogP contribution >= 0.6 is 0 Å². The average molecular weight is 330 g/mol. The van der Waals surface area contributed by atoms with Crippen LogP contribution in [-0.4, -0.2) is 79.2 Å². The maximum Gasteiger partial charge on any atom is 0 e. The molecule has 0 rings (SSSR count). The Hall–Kier alpha value is 3.13. The molecule has 0 nitrogen and oxygen atoms in total. The third-order valence-corrected chi connectivity index (χ3v) is 0. The summed E-state index contributed by atoms with van der Waals surface area (Å²) < 4.78 is 0. The van der Waals surface area contributed by atoms with E-state index in [0.29, 0.717) is 0 Å². The van der Waals surface area contributed by atoms with Gasteiger partial charge in [-0.15, -0.1) is 0 Å². The Kier molecular flexibility index (Phi) is 231. The third kappa shape index (κ3) is 19.2. The average Bonchev–Trinajstić information content (AvgIpc) is 0. The monoisotopic (exact) mass is 327 g/mol. The molecule has 0 unspecified atom stereocenters. The van der Waals surface area contributed by atoms with Gasteiger partial charge in [0.25, 0.3) is 0 Å². The first-order valence-electron chi connectivity index (χ1n) is 0. The minimum atomic E-state index is 0. The molecule has 0 heterocycles. The SMILES string of the molecule is [Ga].[Ga].[Ga].[Ga].[V]. The van der Waals surface area contributed by atoms with Crippen LogP contribution < -0.4 is 0 Å². The molecule has 13 radical (unpaired) electrons. The van der Waals surface area contributed by atoms with Gasteiger partial charge in [-0.05, 0) is 0 Å². The van der Waals surface area contributed by atoms with Crippen molar-refractivity contribution in [1.29, 1.82) is 0 Å². The molecular weight excluding hydrogens is 330 g/mol. The van der Waals surface area contributed by atoms with Crippen molar-refractivity contribution >= 4 is 79.2 Å². The van der Waals surface area contributed by atoms with Crippen LogP contribution in [0, 0.1) is 0 Å². The molecule has 0 spiro atoms. The Bertz CT molecular complexity index is 3.61. The van der Waals surface area contributed by atoms with Crippen molar-refractivity contribution < 1.29 is 18.6 Å². The quantitative estimate of drug-likeness (QED) is 0.473. The summed E-state index contributed by atoms with van der Waals surface area (Å²) >= 11 is 0. The number of hydrogen-bond acceptors (Lipinski definition) is 0. The fourth-order valence-corrected chi connectivity index (χ4v) is 0. The summed E-state index contributed by atoms with van der Waals surface area (Å²) in [6.45, 7) is 0.